The summed E-state index contributed by atoms with van der Waals surface area (Å²) < 4.78 is 0. The Balaban J connectivity index is 2.52. The van der Waals surface area contributed by atoms with Gasteiger partial charge in [0.15, 0.2) is 0 Å². The molecule has 0 radical (unpaired) electrons. The lowest BCUT2D eigenvalue weighted by atomic mass is 9.82. The molecule has 0 aromatic heterocycles. The first kappa shape index (κ1) is 7.84. The van der Waals surface area contributed by atoms with Crippen LogP contribution in [0.15, 0.2) is 11.6 Å². The maximum absolute atomic E-state index is 2.42. The second-order valence-corrected chi connectivity index (χ2v) is 3.70. The van der Waals surface area contributed by atoms with Crippen LogP contribution in [0.5, 0.6) is 0 Å². The number of hydrogen-bond acceptors (Lipinski definition) is 0. The molecule has 10 heavy (non-hydrogen) atoms. The molecule has 0 bridgehead atoms. The van der Waals surface area contributed by atoms with Crippen molar-refractivity contribution in [3.05, 3.63) is 11.6 Å². The van der Waals surface area contributed by atoms with Crippen LogP contribution < -0.4 is 0 Å². The van der Waals surface area contributed by atoms with Gasteiger partial charge in [0.2, 0.25) is 0 Å². The van der Waals surface area contributed by atoms with Crippen LogP contribution in [-0.4, -0.2) is 0 Å². The van der Waals surface area contributed by atoms with E-state index in [4.69, 9.17) is 0 Å². The van der Waals surface area contributed by atoms with Gasteiger partial charge >= 0.3 is 0 Å². The second-order valence-electron chi connectivity index (χ2n) is 3.70. The van der Waals surface area contributed by atoms with E-state index in [0.717, 1.165) is 11.8 Å². The van der Waals surface area contributed by atoms with Gasteiger partial charge in [-0.1, -0.05) is 31.9 Å². The summed E-state index contributed by atoms with van der Waals surface area (Å²) >= 11 is 0. The largest absolute Gasteiger partial charge is 0.0827 e. The van der Waals surface area contributed by atoms with E-state index in [1.165, 1.54) is 19.3 Å². The predicted molar refractivity (Wildman–Crippen MR) is 45.9 cm³/mol. The Labute approximate surface area is 64.3 Å². The van der Waals surface area contributed by atoms with E-state index in [1.54, 1.807) is 5.57 Å². The summed E-state index contributed by atoms with van der Waals surface area (Å²) in [7, 11) is 0. The molecule has 58 valence electrons. The zero-order chi connectivity index (χ0) is 7.56. The monoisotopic (exact) mass is 138 g/mol. The number of rotatable bonds is 1. The van der Waals surface area contributed by atoms with Gasteiger partial charge in [-0.15, -0.1) is 0 Å². The van der Waals surface area contributed by atoms with Crippen molar-refractivity contribution in [3.63, 3.8) is 0 Å². The highest BCUT2D eigenvalue weighted by Gasteiger charge is 2.15. The Morgan fingerprint density at radius 2 is 2.30 bits per heavy atom. The molecule has 2 unspecified atom stereocenters. The average Bonchev–Trinajstić information content (AvgIpc) is 1.85. The first-order valence-corrected chi connectivity index (χ1v) is 4.39. The fourth-order valence-electron chi connectivity index (χ4n) is 2.00. The SMILES string of the molecule is CCC1CC(C)=CC(C)C1. The molecule has 0 aromatic rings. The minimum absolute atomic E-state index is 0.832. The summed E-state index contributed by atoms with van der Waals surface area (Å²) in [5, 5.41) is 0. The van der Waals surface area contributed by atoms with E-state index in [9.17, 15) is 0 Å². The van der Waals surface area contributed by atoms with Crippen molar-refractivity contribution in [2.24, 2.45) is 11.8 Å². The van der Waals surface area contributed by atoms with Gasteiger partial charge in [0.25, 0.3) is 0 Å². The summed E-state index contributed by atoms with van der Waals surface area (Å²) in [6, 6.07) is 0. The van der Waals surface area contributed by atoms with E-state index in [1.807, 2.05) is 0 Å². The third kappa shape index (κ3) is 1.86. The Morgan fingerprint density at radius 1 is 1.60 bits per heavy atom. The van der Waals surface area contributed by atoms with E-state index >= 15 is 0 Å². The van der Waals surface area contributed by atoms with Crippen molar-refractivity contribution in [2.75, 3.05) is 0 Å². The van der Waals surface area contributed by atoms with Crippen molar-refractivity contribution in [2.45, 2.75) is 40.0 Å². The first-order chi connectivity index (χ1) is 4.72. The van der Waals surface area contributed by atoms with E-state index in [0.29, 0.717) is 0 Å². The van der Waals surface area contributed by atoms with Gasteiger partial charge in [-0.2, -0.15) is 0 Å². The van der Waals surface area contributed by atoms with Gasteiger partial charge in [0, 0.05) is 0 Å². The molecule has 1 aliphatic rings. The quantitative estimate of drug-likeness (QED) is 0.487. The fraction of sp³-hybridized carbons (Fsp3) is 0.800. The van der Waals surface area contributed by atoms with Crippen LogP contribution in [0.4, 0.5) is 0 Å². The molecule has 0 fully saturated rings. The van der Waals surface area contributed by atoms with Crippen LogP contribution in [0.3, 0.4) is 0 Å². The molecule has 0 saturated carbocycles. The summed E-state index contributed by atoms with van der Waals surface area (Å²) in [5.74, 6) is 1.80. The zero-order valence-electron chi connectivity index (χ0n) is 7.35. The van der Waals surface area contributed by atoms with Gasteiger partial charge in [-0.3, -0.25) is 0 Å². The van der Waals surface area contributed by atoms with Crippen molar-refractivity contribution in [1.29, 1.82) is 0 Å². The Hall–Kier alpha value is -0.260. The molecule has 0 amide bonds. The number of hydrogen-bond donors (Lipinski definition) is 0. The summed E-state index contributed by atoms with van der Waals surface area (Å²) in [5.41, 5.74) is 1.60. The van der Waals surface area contributed by atoms with Gasteiger partial charge < -0.3 is 0 Å². The number of allylic oxidation sites excluding steroid dienone is 2. The van der Waals surface area contributed by atoms with Crippen LogP contribution in [-0.2, 0) is 0 Å². The first-order valence-electron chi connectivity index (χ1n) is 4.39. The van der Waals surface area contributed by atoms with E-state index < -0.39 is 0 Å². The molecule has 0 nitrogen and oxygen atoms in total. The summed E-state index contributed by atoms with van der Waals surface area (Å²) in [6.07, 6.45) is 6.54. The highest BCUT2D eigenvalue weighted by molar-refractivity contribution is 5.05. The van der Waals surface area contributed by atoms with Gasteiger partial charge in [-0.25, -0.2) is 0 Å². The molecule has 0 heterocycles. The highest BCUT2D eigenvalue weighted by atomic mass is 14.2. The smallest absolute Gasteiger partial charge is 0.0257 e. The lowest BCUT2D eigenvalue weighted by Crippen LogP contribution is -2.10. The Bertz CT molecular complexity index is 133. The topological polar surface area (TPSA) is 0 Å². The molecule has 0 N–H and O–H groups in total. The summed E-state index contributed by atoms with van der Waals surface area (Å²) in [6.45, 7) is 6.89. The van der Waals surface area contributed by atoms with Crippen LogP contribution in [0.25, 0.3) is 0 Å². The van der Waals surface area contributed by atoms with Crippen molar-refractivity contribution in [1.82, 2.24) is 0 Å². The third-order valence-electron chi connectivity index (χ3n) is 2.46. The van der Waals surface area contributed by atoms with Gasteiger partial charge in [0.1, 0.15) is 0 Å². The third-order valence-corrected chi connectivity index (χ3v) is 2.46. The predicted octanol–water partition coefficient (Wildman–Crippen LogP) is 3.39. The molecule has 1 aliphatic carbocycles. The zero-order valence-corrected chi connectivity index (χ0v) is 7.35. The molecular formula is C10H18. The molecule has 0 saturated heterocycles. The van der Waals surface area contributed by atoms with Crippen LogP contribution in [0, 0.1) is 11.8 Å². The molecule has 0 heteroatoms. The van der Waals surface area contributed by atoms with Crippen molar-refractivity contribution < 1.29 is 0 Å². The maximum Gasteiger partial charge on any atom is -0.0257 e. The molecule has 2 atom stereocenters. The minimum Gasteiger partial charge on any atom is -0.0827 e. The Morgan fingerprint density at radius 3 is 2.80 bits per heavy atom. The maximum atomic E-state index is 2.42. The van der Waals surface area contributed by atoms with Crippen molar-refractivity contribution >= 4 is 0 Å². The van der Waals surface area contributed by atoms with Crippen LogP contribution in [0.1, 0.15) is 40.0 Å². The minimum atomic E-state index is 0.832. The summed E-state index contributed by atoms with van der Waals surface area (Å²) in [4.78, 5) is 0. The lowest BCUT2D eigenvalue weighted by molar-refractivity contribution is 0.393. The normalized spacial score (nSPS) is 33.7. The lowest BCUT2D eigenvalue weighted by Gasteiger charge is -2.23. The van der Waals surface area contributed by atoms with Crippen LogP contribution in [0.2, 0.25) is 0 Å². The molecule has 1 rings (SSSR count). The van der Waals surface area contributed by atoms with E-state index in [2.05, 4.69) is 26.8 Å². The molecule has 0 spiro atoms. The standard InChI is InChI=1S/C10H18/c1-4-10-6-8(2)5-9(3)7-10/h5,8,10H,4,6-7H2,1-3H3. The Kier molecular flexibility index (Phi) is 2.53. The van der Waals surface area contributed by atoms with Gasteiger partial charge in [-0.05, 0) is 31.6 Å². The molecule has 0 aromatic carbocycles. The molecule has 0 aliphatic heterocycles. The average molecular weight is 138 g/mol. The highest BCUT2D eigenvalue weighted by Crippen LogP contribution is 2.29. The fourth-order valence-corrected chi connectivity index (χ4v) is 2.00. The van der Waals surface area contributed by atoms with Crippen LogP contribution >= 0.6 is 0 Å². The second kappa shape index (κ2) is 3.23. The van der Waals surface area contributed by atoms with Gasteiger partial charge in [0.05, 0.1) is 0 Å². The van der Waals surface area contributed by atoms with Crippen molar-refractivity contribution in [3.8, 4) is 0 Å². The van der Waals surface area contributed by atoms with E-state index in [-0.39, 0.29) is 0 Å². The molecular weight excluding hydrogens is 120 g/mol.